The topological polar surface area (TPSA) is 134 Å². The number of carbonyl (C=O) groups excluding carboxylic acids is 2. The van der Waals surface area contributed by atoms with Crippen molar-refractivity contribution in [3.8, 4) is 16.2 Å². The van der Waals surface area contributed by atoms with Crippen molar-refractivity contribution < 1.29 is 24.9 Å². The van der Waals surface area contributed by atoms with Gasteiger partial charge in [-0.3, -0.25) is 14.5 Å². The number of rotatable bonds is 14. The van der Waals surface area contributed by atoms with Crippen molar-refractivity contribution in [3.63, 3.8) is 0 Å². The van der Waals surface area contributed by atoms with Crippen molar-refractivity contribution >= 4 is 40.2 Å². The fraction of sp³-hybridized carbons (Fsp3) is 0.343. The summed E-state index contributed by atoms with van der Waals surface area (Å²) in [6, 6.07) is 19.2. The zero-order valence-corrected chi connectivity index (χ0v) is 28.3. The Morgan fingerprint density at radius 2 is 1.57 bits per heavy atom. The Kier molecular flexibility index (Phi) is 12.3. The maximum Gasteiger partial charge on any atom is 0.281 e. The number of carbonyl (C=O) groups is 2. The van der Waals surface area contributed by atoms with Crippen LogP contribution in [0, 0.1) is 0 Å². The molecule has 2 heterocycles. The van der Waals surface area contributed by atoms with E-state index in [1.165, 1.54) is 28.2 Å². The molecule has 9 nitrogen and oxygen atoms in total. The molecule has 2 aromatic heterocycles. The number of nitrogens with one attached hydrogen (secondary N) is 2. The fourth-order valence-corrected chi connectivity index (χ4v) is 6.75. The van der Waals surface area contributed by atoms with Gasteiger partial charge in [0.1, 0.15) is 5.75 Å². The van der Waals surface area contributed by atoms with Crippen LogP contribution < -0.4 is 10.7 Å². The van der Waals surface area contributed by atoms with Crippen LogP contribution in [0.2, 0.25) is 0 Å². The molecule has 2 amide bonds. The Labute approximate surface area is 278 Å². The monoisotopic (exact) mass is 662 g/mol. The number of hydrazone groups is 1. The number of aliphatic hydroxyl groups is 2. The van der Waals surface area contributed by atoms with Crippen molar-refractivity contribution in [2.75, 3.05) is 39.4 Å². The molecular formula is C35H42N4O5S2. The number of amides is 2. The van der Waals surface area contributed by atoms with Gasteiger partial charge in [-0.2, -0.15) is 5.10 Å². The van der Waals surface area contributed by atoms with Gasteiger partial charge in [0.05, 0.1) is 34.2 Å². The Morgan fingerprint density at radius 1 is 0.891 bits per heavy atom. The number of benzene rings is 2. The molecule has 0 saturated heterocycles. The molecule has 0 saturated carbocycles. The van der Waals surface area contributed by atoms with Gasteiger partial charge in [0.2, 0.25) is 0 Å². The first kappa shape index (κ1) is 35.0. The van der Waals surface area contributed by atoms with E-state index in [-0.39, 0.29) is 36.2 Å². The normalized spacial score (nSPS) is 12.0. The van der Waals surface area contributed by atoms with Crippen LogP contribution in [0.4, 0.5) is 0 Å². The van der Waals surface area contributed by atoms with E-state index in [1.807, 2.05) is 40.6 Å². The largest absolute Gasteiger partial charge is 0.506 e. The van der Waals surface area contributed by atoms with Gasteiger partial charge in [0.15, 0.2) is 0 Å². The van der Waals surface area contributed by atoms with E-state index in [2.05, 4.69) is 48.7 Å². The highest BCUT2D eigenvalue weighted by atomic mass is 32.1. The van der Waals surface area contributed by atoms with Crippen LogP contribution in [0.25, 0.3) is 10.4 Å². The molecule has 0 fully saturated rings. The maximum atomic E-state index is 12.9. The van der Waals surface area contributed by atoms with E-state index in [4.69, 9.17) is 10.2 Å². The predicted octanol–water partition coefficient (Wildman–Crippen LogP) is 5.24. The number of nitrogens with zero attached hydrogens (tertiary/aromatic N) is 2. The summed E-state index contributed by atoms with van der Waals surface area (Å²) in [5.41, 5.74) is 7.45. The molecule has 5 N–H and O–H groups in total. The lowest BCUT2D eigenvalue weighted by Crippen LogP contribution is -2.37. The fourth-order valence-electron chi connectivity index (χ4n) is 4.80. The van der Waals surface area contributed by atoms with E-state index in [1.54, 1.807) is 25.1 Å². The molecule has 4 rings (SSSR count). The summed E-state index contributed by atoms with van der Waals surface area (Å²) in [4.78, 5) is 29.5. The summed E-state index contributed by atoms with van der Waals surface area (Å²) < 4.78 is 0. The van der Waals surface area contributed by atoms with Gasteiger partial charge in [0, 0.05) is 48.4 Å². The molecule has 244 valence electrons. The van der Waals surface area contributed by atoms with Crippen molar-refractivity contribution in [2.45, 2.75) is 39.5 Å². The number of aromatic hydroxyl groups is 1. The Morgan fingerprint density at radius 3 is 2.20 bits per heavy atom. The Bertz CT molecular complexity index is 1630. The molecule has 0 aliphatic carbocycles. The molecule has 0 unspecified atom stereocenters. The lowest BCUT2D eigenvalue weighted by molar-refractivity contribution is 0.0940. The third-order valence-electron chi connectivity index (χ3n) is 7.52. The van der Waals surface area contributed by atoms with E-state index in [0.717, 1.165) is 20.9 Å². The first-order chi connectivity index (χ1) is 22.0. The van der Waals surface area contributed by atoms with E-state index in [9.17, 15) is 14.7 Å². The quantitative estimate of drug-likeness (QED) is 0.0927. The van der Waals surface area contributed by atoms with Crippen LogP contribution in [0.1, 0.15) is 69.3 Å². The van der Waals surface area contributed by atoms with Crippen molar-refractivity contribution in [2.24, 2.45) is 5.10 Å². The molecule has 0 bridgehead atoms. The molecule has 0 atom stereocenters. The molecule has 0 aliphatic heterocycles. The summed E-state index contributed by atoms with van der Waals surface area (Å²) in [5, 5.41) is 38.1. The van der Waals surface area contributed by atoms with Crippen LogP contribution in [-0.2, 0) is 11.8 Å². The number of hydrogen-bond acceptors (Lipinski definition) is 9. The second kappa shape index (κ2) is 16.1. The van der Waals surface area contributed by atoms with Crippen LogP contribution >= 0.6 is 22.7 Å². The van der Waals surface area contributed by atoms with Crippen LogP contribution in [0.5, 0.6) is 5.75 Å². The lowest BCUT2D eigenvalue weighted by atomic mass is 9.86. The van der Waals surface area contributed by atoms with E-state index < -0.39 is 0 Å². The second-order valence-corrected chi connectivity index (χ2v) is 14.0. The third-order valence-corrected chi connectivity index (χ3v) is 9.62. The summed E-state index contributed by atoms with van der Waals surface area (Å²) in [7, 11) is 0. The highest BCUT2D eigenvalue weighted by Crippen LogP contribution is 2.39. The first-order valence-electron chi connectivity index (χ1n) is 15.2. The van der Waals surface area contributed by atoms with Gasteiger partial charge < -0.3 is 20.6 Å². The van der Waals surface area contributed by atoms with Gasteiger partial charge in [-0.25, -0.2) is 5.43 Å². The van der Waals surface area contributed by atoms with E-state index in [0.29, 0.717) is 54.3 Å². The molecule has 0 spiro atoms. The molecule has 4 aromatic rings. The summed E-state index contributed by atoms with van der Waals surface area (Å²) in [6.07, 6.45) is 0.613. The average molecular weight is 663 g/mol. The number of aliphatic hydroxyl groups excluding tert-OH is 2. The maximum absolute atomic E-state index is 12.9. The minimum absolute atomic E-state index is 0.00441. The van der Waals surface area contributed by atoms with Crippen molar-refractivity contribution in [1.82, 2.24) is 15.6 Å². The minimum atomic E-state index is -0.327. The zero-order valence-electron chi connectivity index (χ0n) is 26.7. The minimum Gasteiger partial charge on any atom is -0.506 e. The van der Waals surface area contributed by atoms with Gasteiger partial charge >= 0.3 is 0 Å². The number of hydrogen-bond donors (Lipinski definition) is 5. The molecule has 46 heavy (non-hydrogen) atoms. The summed E-state index contributed by atoms with van der Waals surface area (Å²) in [5.74, 6) is -0.368. The van der Waals surface area contributed by atoms with Gasteiger partial charge in [-0.1, -0.05) is 57.2 Å². The predicted molar refractivity (Wildman–Crippen MR) is 186 cm³/mol. The van der Waals surface area contributed by atoms with Gasteiger partial charge in [-0.15, -0.1) is 22.7 Å². The Balaban J connectivity index is 1.30. The average Bonchev–Trinajstić information content (AvgIpc) is 3.66. The lowest BCUT2D eigenvalue weighted by Gasteiger charge is -2.20. The smallest absolute Gasteiger partial charge is 0.281 e. The Hall–Kier alpha value is -3.87. The molecule has 0 aliphatic rings. The van der Waals surface area contributed by atoms with E-state index >= 15 is 0 Å². The molecule has 11 heteroatoms. The van der Waals surface area contributed by atoms with Gasteiger partial charge in [-0.05, 0) is 53.3 Å². The highest BCUT2D eigenvalue weighted by Gasteiger charge is 2.18. The van der Waals surface area contributed by atoms with Crippen LogP contribution in [-0.4, -0.2) is 77.1 Å². The zero-order chi connectivity index (χ0) is 33.3. The van der Waals surface area contributed by atoms with Gasteiger partial charge in [0.25, 0.3) is 11.8 Å². The summed E-state index contributed by atoms with van der Waals surface area (Å²) in [6.45, 7) is 10.1. The second-order valence-electron chi connectivity index (χ2n) is 12.0. The SMILES string of the molecule is C/C(=N\NC(=O)c1ccc(Cc2ccc(C(=O)NCCN(CCO)CCO)cc2)s1)c1csc(-c2ccc(C(C)(C)C)cc2)c1O. The number of thiophene rings is 2. The van der Waals surface area contributed by atoms with Crippen molar-refractivity contribution in [1.29, 1.82) is 0 Å². The summed E-state index contributed by atoms with van der Waals surface area (Å²) >= 11 is 2.81. The van der Waals surface area contributed by atoms with Crippen LogP contribution in [0.15, 0.2) is 71.1 Å². The van der Waals surface area contributed by atoms with Crippen LogP contribution in [0.3, 0.4) is 0 Å². The molecule has 2 aromatic carbocycles. The third kappa shape index (κ3) is 9.34. The standard InChI is InChI=1S/C35H42N4O5S2/c1-23(29-22-45-32(31(29)42)25-9-11-27(12-10-25)35(2,3)4)37-38-34(44)30-14-13-28(46-30)21-24-5-7-26(8-6-24)33(43)36-15-16-39(17-19-40)18-20-41/h5-14,22,40-42H,15-21H2,1-4H3,(H,36,43)(H,38,44)/b37-23+. The highest BCUT2D eigenvalue weighted by molar-refractivity contribution is 7.14. The molecular weight excluding hydrogens is 621 g/mol. The first-order valence-corrected chi connectivity index (χ1v) is 16.9. The molecule has 0 radical (unpaired) electrons. The van der Waals surface area contributed by atoms with Crippen molar-refractivity contribution in [3.05, 3.63) is 98.1 Å².